The average Bonchev–Trinajstić information content (AvgIpc) is 3.46. The van der Waals surface area contributed by atoms with Gasteiger partial charge in [0.2, 0.25) is 5.88 Å². The van der Waals surface area contributed by atoms with E-state index in [4.69, 9.17) is 24.9 Å². The summed E-state index contributed by atoms with van der Waals surface area (Å²) < 4.78 is 17.3. The molecular weight excluding hydrogens is 536 g/mol. The van der Waals surface area contributed by atoms with E-state index in [1.807, 2.05) is 48.5 Å². The molecule has 2 aliphatic rings. The van der Waals surface area contributed by atoms with Crippen LogP contribution < -0.4 is 10.5 Å². The Morgan fingerprint density at radius 2 is 1.95 bits per heavy atom. The van der Waals surface area contributed by atoms with Gasteiger partial charge in [-0.2, -0.15) is 10.5 Å². The SMILES string of the molecule is CCOC(=O)C1=C(CSc2nc3c(cc2C#N)CCC3)OC(N)=C(C#N)C1c1cccc(OCc2ccccc2)c1. The minimum absolute atomic E-state index is 0.0841. The third-order valence-corrected chi connectivity index (χ3v) is 7.90. The normalized spacial score (nSPS) is 15.9. The van der Waals surface area contributed by atoms with Crippen LogP contribution in [-0.4, -0.2) is 23.3 Å². The van der Waals surface area contributed by atoms with Crippen LogP contribution >= 0.6 is 11.8 Å². The Bertz CT molecular complexity index is 1620. The van der Waals surface area contributed by atoms with E-state index < -0.39 is 11.9 Å². The van der Waals surface area contributed by atoms with Crippen LogP contribution in [0.4, 0.5) is 0 Å². The number of hydrogen-bond donors (Lipinski definition) is 1. The molecule has 2 aromatic carbocycles. The minimum Gasteiger partial charge on any atom is -0.489 e. The largest absolute Gasteiger partial charge is 0.489 e. The predicted molar refractivity (Wildman–Crippen MR) is 153 cm³/mol. The summed E-state index contributed by atoms with van der Waals surface area (Å²) in [5, 5.41) is 20.4. The molecule has 1 aliphatic carbocycles. The number of nitriles is 2. The minimum atomic E-state index is -0.827. The quantitative estimate of drug-likeness (QED) is 0.267. The van der Waals surface area contributed by atoms with Gasteiger partial charge in [-0.1, -0.05) is 54.2 Å². The van der Waals surface area contributed by atoms with Crippen LogP contribution in [0.3, 0.4) is 0 Å². The summed E-state index contributed by atoms with van der Waals surface area (Å²) in [6.07, 6.45) is 2.79. The average molecular weight is 565 g/mol. The van der Waals surface area contributed by atoms with Crippen molar-refractivity contribution in [1.29, 1.82) is 10.5 Å². The lowest BCUT2D eigenvalue weighted by Crippen LogP contribution is -2.27. The van der Waals surface area contributed by atoms with Gasteiger partial charge >= 0.3 is 5.97 Å². The summed E-state index contributed by atoms with van der Waals surface area (Å²) >= 11 is 1.29. The molecule has 0 radical (unpaired) electrons. The summed E-state index contributed by atoms with van der Waals surface area (Å²) in [6, 6.07) is 23.3. The van der Waals surface area contributed by atoms with Crippen molar-refractivity contribution in [2.45, 2.75) is 43.7 Å². The van der Waals surface area contributed by atoms with Gasteiger partial charge in [0.15, 0.2) is 0 Å². The zero-order valence-corrected chi connectivity index (χ0v) is 23.4. The van der Waals surface area contributed by atoms with Gasteiger partial charge in [-0.3, -0.25) is 0 Å². The highest BCUT2D eigenvalue weighted by Gasteiger charge is 2.38. The molecule has 41 heavy (non-hydrogen) atoms. The Kier molecular flexibility index (Phi) is 8.57. The predicted octanol–water partition coefficient (Wildman–Crippen LogP) is 5.44. The lowest BCUT2D eigenvalue weighted by atomic mass is 9.83. The molecule has 8 nitrogen and oxygen atoms in total. The van der Waals surface area contributed by atoms with Gasteiger partial charge in [0.25, 0.3) is 0 Å². The third-order valence-electron chi connectivity index (χ3n) is 6.91. The molecule has 0 saturated carbocycles. The van der Waals surface area contributed by atoms with Gasteiger partial charge in [0.05, 0.1) is 29.4 Å². The molecule has 0 saturated heterocycles. The molecule has 5 rings (SSSR count). The van der Waals surface area contributed by atoms with Crippen molar-refractivity contribution >= 4 is 17.7 Å². The number of carbonyl (C=O) groups is 1. The fraction of sp³-hybridized carbons (Fsp3) is 0.250. The summed E-state index contributed by atoms with van der Waals surface area (Å²) in [5.74, 6) is -0.516. The second kappa shape index (κ2) is 12.6. The summed E-state index contributed by atoms with van der Waals surface area (Å²) in [5.41, 5.74) is 10.8. The van der Waals surface area contributed by atoms with Crippen LogP contribution in [0.15, 0.2) is 88.5 Å². The Labute approximate surface area is 243 Å². The molecule has 0 amide bonds. The fourth-order valence-corrected chi connectivity index (χ4v) is 5.91. The molecular formula is C32H28N4O4S. The molecule has 2 heterocycles. The van der Waals surface area contributed by atoms with Gasteiger partial charge in [0.1, 0.15) is 40.9 Å². The van der Waals surface area contributed by atoms with Crippen molar-refractivity contribution in [3.05, 3.63) is 111 Å². The highest BCUT2D eigenvalue weighted by Crippen LogP contribution is 2.42. The molecule has 3 aromatic rings. The van der Waals surface area contributed by atoms with Crippen LogP contribution in [0.5, 0.6) is 5.75 Å². The monoisotopic (exact) mass is 564 g/mol. The van der Waals surface area contributed by atoms with E-state index in [1.165, 1.54) is 11.8 Å². The number of esters is 1. The molecule has 1 aliphatic heterocycles. The molecule has 1 unspecified atom stereocenters. The lowest BCUT2D eigenvalue weighted by Gasteiger charge is -2.28. The number of aromatic nitrogens is 1. The van der Waals surface area contributed by atoms with E-state index >= 15 is 0 Å². The molecule has 2 N–H and O–H groups in total. The Morgan fingerprint density at radius 3 is 2.71 bits per heavy atom. The van der Waals surface area contributed by atoms with Crippen molar-refractivity contribution in [3.63, 3.8) is 0 Å². The molecule has 1 atom stereocenters. The zero-order valence-electron chi connectivity index (χ0n) is 22.6. The summed E-state index contributed by atoms with van der Waals surface area (Å²) in [7, 11) is 0. The number of fused-ring (bicyclic) bond motifs is 1. The number of carbonyl (C=O) groups excluding carboxylic acids is 1. The van der Waals surface area contributed by atoms with E-state index in [0.29, 0.717) is 28.5 Å². The first kappa shape index (κ1) is 27.8. The summed E-state index contributed by atoms with van der Waals surface area (Å²) in [4.78, 5) is 18.1. The lowest BCUT2D eigenvalue weighted by molar-refractivity contribution is -0.139. The molecule has 9 heteroatoms. The van der Waals surface area contributed by atoms with Gasteiger partial charge in [-0.05, 0) is 61.1 Å². The molecule has 0 bridgehead atoms. The van der Waals surface area contributed by atoms with Crippen LogP contribution in [0.25, 0.3) is 0 Å². The smallest absolute Gasteiger partial charge is 0.338 e. The van der Waals surface area contributed by atoms with Gasteiger partial charge in [-0.15, -0.1) is 0 Å². The first-order valence-electron chi connectivity index (χ1n) is 13.3. The number of nitrogens with zero attached hydrogens (tertiary/aromatic N) is 3. The second-order valence-corrected chi connectivity index (χ2v) is 10.5. The number of pyridine rings is 1. The van der Waals surface area contributed by atoms with E-state index in [-0.39, 0.29) is 35.1 Å². The first-order valence-corrected chi connectivity index (χ1v) is 14.3. The molecule has 0 fully saturated rings. The number of rotatable bonds is 9. The van der Waals surface area contributed by atoms with Gasteiger partial charge in [0, 0.05) is 5.69 Å². The van der Waals surface area contributed by atoms with E-state index in [9.17, 15) is 15.3 Å². The maximum atomic E-state index is 13.4. The van der Waals surface area contributed by atoms with Crippen LogP contribution in [0, 0.1) is 22.7 Å². The maximum Gasteiger partial charge on any atom is 0.338 e. The fourth-order valence-electron chi connectivity index (χ4n) is 4.99. The Balaban J connectivity index is 1.50. The second-order valence-electron chi connectivity index (χ2n) is 9.53. The van der Waals surface area contributed by atoms with E-state index in [2.05, 4.69) is 12.1 Å². The number of thioether (sulfide) groups is 1. The van der Waals surface area contributed by atoms with Crippen molar-refractivity contribution in [2.75, 3.05) is 12.4 Å². The third kappa shape index (κ3) is 6.06. The number of ether oxygens (including phenoxy) is 3. The molecule has 0 spiro atoms. The molecule has 1 aromatic heterocycles. The first-order chi connectivity index (χ1) is 20.0. The number of aryl methyl sites for hydroxylation is 2. The number of nitrogens with two attached hydrogens (primary N) is 1. The topological polar surface area (TPSA) is 131 Å². The zero-order chi connectivity index (χ0) is 28.8. The number of hydrogen-bond acceptors (Lipinski definition) is 9. The molecule has 206 valence electrons. The highest BCUT2D eigenvalue weighted by molar-refractivity contribution is 7.99. The maximum absolute atomic E-state index is 13.4. The summed E-state index contributed by atoms with van der Waals surface area (Å²) in [6.45, 7) is 2.22. The van der Waals surface area contributed by atoms with Crippen molar-refractivity contribution in [1.82, 2.24) is 4.98 Å². The van der Waals surface area contributed by atoms with Crippen LogP contribution in [0.1, 0.15) is 47.2 Å². The standard InChI is InChI=1S/C32H28N4O4S/c1-2-38-32(37)29-27(19-41-31-23(16-33)14-21-10-7-13-26(21)36-31)40-30(35)25(17-34)28(29)22-11-6-12-24(15-22)39-18-20-8-4-3-5-9-20/h3-6,8-9,11-12,14-15,28H,2,7,10,13,18-19,35H2,1H3. The van der Waals surface area contributed by atoms with Crippen molar-refractivity contribution in [2.24, 2.45) is 5.73 Å². The Morgan fingerprint density at radius 1 is 1.12 bits per heavy atom. The van der Waals surface area contributed by atoms with Gasteiger partial charge < -0.3 is 19.9 Å². The van der Waals surface area contributed by atoms with Crippen LogP contribution in [-0.2, 0) is 33.7 Å². The van der Waals surface area contributed by atoms with Crippen molar-refractivity contribution in [3.8, 4) is 17.9 Å². The van der Waals surface area contributed by atoms with Crippen LogP contribution in [0.2, 0.25) is 0 Å². The Hall–Kier alpha value is -4.73. The number of allylic oxidation sites excluding steroid dienone is 1. The van der Waals surface area contributed by atoms with E-state index in [0.717, 1.165) is 36.1 Å². The highest BCUT2D eigenvalue weighted by atomic mass is 32.2. The van der Waals surface area contributed by atoms with E-state index in [1.54, 1.807) is 19.1 Å². The number of benzene rings is 2. The van der Waals surface area contributed by atoms with Gasteiger partial charge in [-0.25, -0.2) is 9.78 Å². The van der Waals surface area contributed by atoms with Crippen molar-refractivity contribution < 1.29 is 19.0 Å².